The Morgan fingerprint density at radius 1 is 1.03 bits per heavy atom. The zero-order valence-corrected chi connectivity index (χ0v) is 22.2. The van der Waals surface area contributed by atoms with Crippen LogP contribution in [0.2, 0.25) is 0 Å². The lowest BCUT2D eigenvalue weighted by Crippen LogP contribution is -2.41. The van der Waals surface area contributed by atoms with E-state index in [1.807, 2.05) is 22.8 Å². The summed E-state index contributed by atoms with van der Waals surface area (Å²) in [6.45, 7) is 5.26. The van der Waals surface area contributed by atoms with Gasteiger partial charge in [0, 0.05) is 30.6 Å². The molecule has 1 atom stereocenters. The maximum absolute atomic E-state index is 13.6. The summed E-state index contributed by atoms with van der Waals surface area (Å²) in [4.78, 5) is 16.8. The average molecular weight is 544 g/mol. The van der Waals surface area contributed by atoms with Crippen LogP contribution in [-0.4, -0.2) is 43.6 Å². The Bertz CT molecular complexity index is 1310. The predicted octanol–water partition coefficient (Wildman–Crippen LogP) is 5.78. The third kappa shape index (κ3) is 6.34. The van der Waals surface area contributed by atoms with E-state index in [-0.39, 0.29) is 18.4 Å². The second-order valence-corrected chi connectivity index (χ2v) is 11.2. The molecule has 3 heterocycles. The fourth-order valence-corrected chi connectivity index (χ4v) is 5.29. The van der Waals surface area contributed by atoms with Crippen LogP contribution in [0, 0.1) is 0 Å². The van der Waals surface area contributed by atoms with Crippen molar-refractivity contribution in [3.63, 3.8) is 0 Å². The number of ether oxygens (including phenoxy) is 2. The monoisotopic (exact) mass is 543 g/mol. The lowest BCUT2D eigenvalue weighted by molar-refractivity contribution is -0.137. The standard InChI is InChI=1S/C28H32F3N5O3/c1-27(2,3)39-26(37)33-20-15-18-14-19(28(29,30)31)9-12-22(18)36-23(16-20)34-35-25(36)17-7-10-21(11-8-17)38-24-6-4-5-13-32-24/h4-6,9,12-14,17,20-21H,7-8,10-11,15-16H2,1-3H3,(H,33,37)/t17-,20?,21-. The molecule has 1 aromatic carbocycles. The van der Waals surface area contributed by atoms with Crippen molar-refractivity contribution in [3.05, 3.63) is 65.4 Å². The van der Waals surface area contributed by atoms with Gasteiger partial charge in [-0.25, -0.2) is 9.78 Å². The van der Waals surface area contributed by atoms with Crippen LogP contribution >= 0.6 is 0 Å². The number of pyridine rings is 1. The Kier molecular flexibility index (Phi) is 7.26. The summed E-state index contributed by atoms with van der Waals surface area (Å²) in [7, 11) is 0. The van der Waals surface area contributed by atoms with Crippen LogP contribution in [0.1, 0.15) is 75.1 Å². The molecule has 1 saturated carbocycles. The number of amides is 1. The molecule has 208 valence electrons. The molecule has 1 unspecified atom stereocenters. The summed E-state index contributed by atoms with van der Waals surface area (Å²) < 4.78 is 54.2. The fraction of sp³-hybridized carbons (Fsp3) is 0.500. The van der Waals surface area contributed by atoms with Gasteiger partial charge in [-0.15, -0.1) is 10.2 Å². The number of alkyl halides is 3. The van der Waals surface area contributed by atoms with Crippen LogP contribution in [-0.2, 0) is 23.8 Å². The first-order valence-corrected chi connectivity index (χ1v) is 13.2. The third-order valence-corrected chi connectivity index (χ3v) is 6.98. The van der Waals surface area contributed by atoms with Gasteiger partial charge in [0.25, 0.3) is 0 Å². The Morgan fingerprint density at radius 3 is 2.46 bits per heavy atom. The molecule has 0 radical (unpaired) electrons. The smallest absolute Gasteiger partial charge is 0.416 e. The van der Waals surface area contributed by atoms with Gasteiger partial charge in [0.15, 0.2) is 0 Å². The molecule has 1 aliphatic heterocycles. The number of hydrogen-bond donors (Lipinski definition) is 1. The number of rotatable bonds is 4. The largest absolute Gasteiger partial charge is 0.474 e. The number of fused-ring (bicyclic) bond motifs is 3. The molecule has 1 aliphatic carbocycles. The Morgan fingerprint density at radius 2 is 1.79 bits per heavy atom. The molecule has 11 heteroatoms. The van der Waals surface area contributed by atoms with E-state index in [2.05, 4.69) is 20.5 Å². The van der Waals surface area contributed by atoms with Crippen molar-refractivity contribution in [2.24, 2.45) is 0 Å². The van der Waals surface area contributed by atoms with E-state index in [0.29, 0.717) is 29.4 Å². The number of nitrogens with one attached hydrogen (secondary N) is 1. The molecule has 1 amide bonds. The van der Waals surface area contributed by atoms with Crippen LogP contribution in [0.4, 0.5) is 18.0 Å². The quantitative estimate of drug-likeness (QED) is 0.449. The van der Waals surface area contributed by atoms with E-state index < -0.39 is 29.5 Å². The normalized spacial score (nSPS) is 21.3. The molecule has 0 spiro atoms. The zero-order valence-electron chi connectivity index (χ0n) is 22.2. The zero-order chi connectivity index (χ0) is 27.8. The van der Waals surface area contributed by atoms with E-state index in [9.17, 15) is 18.0 Å². The lowest BCUT2D eigenvalue weighted by atomic mass is 9.86. The first kappa shape index (κ1) is 27.0. The van der Waals surface area contributed by atoms with Gasteiger partial charge in [-0.05, 0) is 82.7 Å². The molecule has 5 rings (SSSR count). The molecule has 2 aliphatic rings. The summed E-state index contributed by atoms with van der Waals surface area (Å²) in [5.74, 6) is 1.98. The van der Waals surface area contributed by atoms with Gasteiger partial charge in [0.2, 0.25) is 5.88 Å². The van der Waals surface area contributed by atoms with Crippen molar-refractivity contribution in [1.29, 1.82) is 0 Å². The summed E-state index contributed by atoms with van der Waals surface area (Å²) in [6, 6.07) is 8.78. The summed E-state index contributed by atoms with van der Waals surface area (Å²) in [6.07, 6.45) is 0.312. The Labute approximate surface area is 224 Å². The second-order valence-electron chi connectivity index (χ2n) is 11.2. The Hall–Kier alpha value is -3.63. The summed E-state index contributed by atoms with van der Waals surface area (Å²) in [5, 5.41) is 11.8. The SMILES string of the molecule is CC(C)(C)OC(=O)NC1Cc2cc(C(F)(F)F)ccc2-n2c(nnc2[C@H]2CC[C@H](Oc3ccccn3)CC2)C1. The topological polar surface area (TPSA) is 91.2 Å². The molecule has 2 aromatic heterocycles. The van der Waals surface area contributed by atoms with E-state index >= 15 is 0 Å². The number of nitrogens with zero attached hydrogens (tertiary/aromatic N) is 4. The van der Waals surface area contributed by atoms with E-state index in [1.165, 1.54) is 6.07 Å². The minimum atomic E-state index is -4.49. The third-order valence-electron chi connectivity index (χ3n) is 6.98. The van der Waals surface area contributed by atoms with E-state index in [4.69, 9.17) is 9.47 Å². The maximum atomic E-state index is 13.6. The molecule has 0 bridgehead atoms. The number of aromatic nitrogens is 4. The van der Waals surface area contributed by atoms with Crippen molar-refractivity contribution in [2.45, 2.75) is 89.1 Å². The lowest BCUT2D eigenvalue weighted by Gasteiger charge is -2.28. The van der Waals surface area contributed by atoms with Crippen molar-refractivity contribution in [1.82, 2.24) is 25.1 Å². The van der Waals surface area contributed by atoms with Crippen LogP contribution in [0.25, 0.3) is 5.69 Å². The van der Waals surface area contributed by atoms with Crippen molar-refractivity contribution in [2.75, 3.05) is 0 Å². The highest BCUT2D eigenvalue weighted by Crippen LogP contribution is 2.38. The average Bonchev–Trinajstić information content (AvgIpc) is 3.19. The summed E-state index contributed by atoms with van der Waals surface area (Å²) in [5.41, 5.74) is -0.360. The number of halogens is 3. The first-order valence-electron chi connectivity index (χ1n) is 13.2. The maximum Gasteiger partial charge on any atom is 0.416 e. The number of carbonyl (C=O) groups excluding carboxylic acids is 1. The highest BCUT2D eigenvalue weighted by Gasteiger charge is 2.35. The highest BCUT2D eigenvalue weighted by atomic mass is 19.4. The van der Waals surface area contributed by atoms with Gasteiger partial charge in [0.1, 0.15) is 23.4 Å². The number of carbonyl (C=O) groups is 1. The molecule has 0 saturated heterocycles. The van der Waals surface area contributed by atoms with E-state index in [1.54, 1.807) is 27.0 Å². The van der Waals surface area contributed by atoms with Gasteiger partial charge < -0.3 is 14.8 Å². The predicted molar refractivity (Wildman–Crippen MR) is 137 cm³/mol. The highest BCUT2D eigenvalue weighted by molar-refractivity contribution is 5.68. The summed E-state index contributed by atoms with van der Waals surface area (Å²) >= 11 is 0. The number of hydrogen-bond acceptors (Lipinski definition) is 6. The van der Waals surface area contributed by atoms with Crippen LogP contribution < -0.4 is 10.1 Å². The van der Waals surface area contributed by atoms with Crippen LogP contribution in [0.3, 0.4) is 0 Å². The van der Waals surface area contributed by atoms with Crippen LogP contribution in [0.5, 0.6) is 5.88 Å². The van der Waals surface area contributed by atoms with Crippen LogP contribution in [0.15, 0.2) is 42.6 Å². The van der Waals surface area contributed by atoms with Gasteiger partial charge in [-0.3, -0.25) is 4.57 Å². The second kappa shape index (κ2) is 10.5. The van der Waals surface area contributed by atoms with Gasteiger partial charge >= 0.3 is 12.3 Å². The van der Waals surface area contributed by atoms with Crippen molar-refractivity contribution < 1.29 is 27.4 Å². The minimum Gasteiger partial charge on any atom is -0.474 e. The Balaban J connectivity index is 1.41. The molecular formula is C28H32F3N5O3. The first-order chi connectivity index (χ1) is 18.5. The fourth-order valence-electron chi connectivity index (χ4n) is 5.29. The van der Waals surface area contributed by atoms with Gasteiger partial charge in [-0.1, -0.05) is 6.07 Å². The minimum absolute atomic E-state index is 0.0340. The molecular weight excluding hydrogens is 511 g/mol. The molecule has 1 N–H and O–H groups in total. The van der Waals surface area contributed by atoms with Gasteiger partial charge in [-0.2, -0.15) is 13.2 Å². The number of alkyl carbamates (subject to hydrolysis) is 1. The van der Waals surface area contributed by atoms with Crippen molar-refractivity contribution in [3.8, 4) is 11.6 Å². The van der Waals surface area contributed by atoms with Gasteiger partial charge in [0.05, 0.1) is 11.3 Å². The molecule has 39 heavy (non-hydrogen) atoms. The van der Waals surface area contributed by atoms with E-state index in [0.717, 1.165) is 43.6 Å². The molecule has 1 fully saturated rings. The van der Waals surface area contributed by atoms with Crippen molar-refractivity contribution >= 4 is 6.09 Å². The number of benzene rings is 1. The molecule has 3 aromatic rings. The molecule has 8 nitrogen and oxygen atoms in total.